The van der Waals surface area contributed by atoms with Crippen LogP contribution in [0.25, 0.3) is 0 Å². The van der Waals surface area contributed by atoms with Crippen LogP contribution in [0.3, 0.4) is 0 Å². The summed E-state index contributed by atoms with van der Waals surface area (Å²) in [7, 11) is 3.30. The minimum absolute atomic E-state index is 0.714. The van der Waals surface area contributed by atoms with Gasteiger partial charge in [-0.05, 0) is 30.9 Å². The Balaban J connectivity index is 2.17. The highest BCUT2D eigenvalue weighted by molar-refractivity contribution is 7.98. The fourth-order valence-electron chi connectivity index (χ4n) is 2.06. The zero-order valence-corrected chi connectivity index (χ0v) is 13.7. The summed E-state index contributed by atoms with van der Waals surface area (Å²) in [6.07, 6.45) is 5.89. The lowest BCUT2D eigenvalue weighted by Crippen LogP contribution is -2.02. The van der Waals surface area contributed by atoms with Crippen LogP contribution in [0.4, 0.5) is 5.69 Å². The van der Waals surface area contributed by atoms with E-state index < -0.39 is 0 Å². The van der Waals surface area contributed by atoms with Gasteiger partial charge in [0.05, 0.1) is 26.1 Å². The maximum atomic E-state index is 5.37. The highest BCUT2D eigenvalue weighted by Gasteiger charge is 2.10. The van der Waals surface area contributed by atoms with Gasteiger partial charge in [-0.3, -0.25) is 4.68 Å². The lowest BCUT2D eigenvalue weighted by molar-refractivity contribution is 0.353. The Bertz CT molecular complexity index is 599. The van der Waals surface area contributed by atoms with Gasteiger partial charge in [0, 0.05) is 24.2 Å². The number of aromatic nitrogens is 2. The number of ether oxygens (including phenoxy) is 2. The molecule has 0 fully saturated rings. The highest BCUT2D eigenvalue weighted by atomic mass is 32.2. The fraction of sp³-hybridized carbons (Fsp3) is 0.400. The molecule has 1 N–H and O–H groups in total. The lowest BCUT2D eigenvalue weighted by Gasteiger charge is -2.14. The molecule has 0 unspecified atom stereocenters. The molecule has 0 spiro atoms. The fourth-order valence-corrected chi connectivity index (χ4v) is 2.67. The zero-order valence-electron chi connectivity index (χ0n) is 12.8. The Kier molecular flexibility index (Phi) is 5.38. The molecule has 0 aliphatic rings. The van der Waals surface area contributed by atoms with Gasteiger partial charge in [-0.2, -0.15) is 5.10 Å². The summed E-state index contributed by atoms with van der Waals surface area (Å²) in [5.41, 5.74) is 2.18. The van der Waals surface area contributed by atoms with Crippen LogP contribution in [0.2, 0.25) is 0 Å². The maximum Gasteiger partial charge on any atom is 0.161 e. The molecule has 2 aromatic rings. The van der Waals surface area contributed by atoms with Gasteiger partial charge in [0.1, 0.15) is 0 Å². The third-order valence-electron chi connectivity index (χ3n) is 3.23. The van der Waals surface area contributed by atoms with Crippen LogP contribution in [0.15, 0.2) is 29.4 Å². The predicted molar refractivity (Wildman–Crippen MR) is 86.6 cm³/mol. The molecule has 0 atom stereocenters. The number of benzene rings is 1. The van der Waals surface area contributed by atoms with E-state index in [0.29, 0.717) is 6.54 Å². The Labute approximate surface area is 129 Å². The van der Waals surface area contributed by atoms with Gasteiger partial charge >= 0.3 is 0 Å². The van der Waals surface area contributed by atoms with Crippen molar-refractivity contribution in [3.05, 3.63) is 30.1 Å². The second kappa shape index (κ2) is 7.26. The Morgan fingerprint density at radius 1 is 1.24 bits per heavy atom. The number of methoxy groups -OCH3 is 2. The molecule has 114 valence electrons. The van der Waals surface area contributed by atoms with Crippen LogP contribution in [-0.4, -0.2) is 30.3 Å². The molecule has 1 aromatic heterocycles. The maximum absolute atomic E-state index is 5.37. The van der Waals surface area contributed by atoms with Crippen LogP contribution in [0.1, 0.15) is 12.5 Å². The smallest absolute Gasteiger partial charge is 0.161 e. The lowest BCUT2D eigenvalue weighted by atomic mass is 10.2. The van der Waals surface area contributed by atoms with Gasteiger partial charge in [0.2, 0.25) is 0 Å². The average molecular weight is 307 g/mol. The van der Waals surface area contributed by atoms with Crippen molar-refractivity contribution < 1.29 is 9.47 Å². The van der Waals surface area contributed by atoms with E-state index in [2.05, 4.69) is 23.6 Å². The van der Waals surface area contributed by atoms with Crippen LogP contribution in [0.5, 0.6) is 11.5 Å². The quantitative estimate of drug-likeness (QED) is 0.796. The number of hydrogen-bond acceptors (Lipinski definition) is 5. The topological polar surface area (TPSA) is 48.3 Å². The van der Waals surface area contributed by atoms with Gasteiger partial charge < -0.3 is 14.8 Å². The molecule has 6 heteroatoms. The van der Waals surface area contributed by atoms with Crippen molar-refractivity contribution >= 4 is 17.4 Å². The molecule has 5 nitrogen and oxygen atoms in total. The van der Waals surface area contributed by atoms with E-state index in [-0.39, 0.29) is 0 Å². The Morgan fingerprint density at radius 2 is 1.95 bits per heavy atom. The first-order chi connectivity index (χ1) is 10.2. The van der Waals surface area contributed by atoms with Crippen molar-refractivity contribution in [2.75, 3.05) is 25.8 Å². The summed E-state index contributed by atoms with van der Waals surface area (Å²) in [6.45, 7) is 3.65. The standard InChI is InChI=1S/C15H21N3O2S/c1-5-18-10-12(9-17-18)16-8-11-6-13(19-2)14(20-3)7-15(11)21-4/h6-7,9-10,16H,5,8H2,1-4H3. The first kappa shape index (κ1) is 15.6. The van der Waals surface area contributed by atoms with Crippen molar-refractivity contribution in [2.24, 2.45) is 0 Å². The summed E-state index contributed by atoms with van der Waals surface area (Å²) >= 11 is 1.69. The SMILES string of the molecule is CCn1cc(NCc2cc(OC)c(OC)cc2SC)cn1. The van der Waals surface area contributed by atoms with Crippen molar-refractivity contribution in [2.45, 2.75) is 24.9 Å². The molecule has 0 radical (unpaired) electrons. The van der Waals surface area contributed by atoms with Crippen molar-refractivity contribution in [3.63, 3.8) is 0 Å². The summed E-state index contributed by atoms with van der Waals surface area (Å²) in [4.78, 5) is 1.17. The van der Waals surface area contributed by atoms with Gasteiger partial charge in [-0.25, -0.2) is 0 Å². The van der Waals surface area contributed by atoms with Gasteiger partial charge in [-0.1, -0.05) is 0 Å². The summed E-state index contributed by atoms with van der Waals surface area (Å²) < 4.78 is 12.6. The van der Waals surface area contributed by atoms with Crippen molar-refractivity contribution in [1.29, 1.82) is 0 Å². The highest BCUT2D eigenvalue weighted by Crippen LogP contribution is 2.34. The van der Waals surface area contributed by atoms with E-state index in [4.69, 9.17) is 9.47 Å². The molecule has 2 rings (SSSR count). The molecule has 1 heterocycles. The average Bonchev–Trinajstić information content (AvgIpc) is 2.99. The number of thioether (sulfide) groups is 1. The van der Waals surface area contributed by atoms with Crippen molar-refractivity contribution in [1.82, 2.24) is 9.78 Å². The van der Waals surface area contributed by atoms with Crippen LogP contribution in [0, 0.1) is 0 Å². The van der Waals surface area contributed by atoms with E-state index in [0.717, 1.165) is 23.7 Å². The third-order valence-corrected chi connectivity index (χ3v) is 4.05. The summed E-state index contributed by atoms with van der Waals surface area (Å²) in [6, 6.07) is 4.03. The molecule has 0 aliphatic heterocycles. The molecule has 0 saturated carbocycles. The Hall–Kier alpha value is -1.82. The second-order valence-corrected chi connectivity index (χ2v) is 5.31. The van der Waals surface area contributed by atoms with E-state index in [9.17, 15) is 0 Å². The number of hydrogen-bond donors (Lipinski definition) is 1. The van der Waals surface area contributed by atoms with Crippen LogP contribution >= 0.6 is 11.8 Å². The molecule has 0 aliphatic carbocycles. The molecule has 0 saturated heterocycles. The molecule has 21 heavy (non-hydrogen) atoms. The number of nitrogens with zero attached hydrogens (tertiary/aromatic N) is 2. The predicted octanol–water partition coefficient (Wildman–Crippen LogP) is 3.25. The normalized spacial score (nSPS) is 10.5. The van der Waals surface area contributed by atoms with E-state index >= 15 is 0 Å². The van der Waals surface area contributed by atoms with E-state index in [1.807, 2.05) is 29.2 Å². The Morgan fingerprint density at radius 3 is 2.52 bits per heavy atom. The van der Waals surface area contributed by atoms with Gasteiger partial charge in [0.25, 0.3) is 0 Å². The molecule has 1 aromatic carbocycles. The number of rotatable bonds is 7. The molecular formula is C15H21N3O2S. The van der Waals surface area contributed by atoms with E-state index in [1.165, 1.54) is 10.5 Å². The molecule has 0 amide bonds. The number of aryl methyl sites for hydroxylation is 1. The monoisotopic (exact) mass is 307 g/mol. The first-order valence-electron chi connectivity index (χ1n) is 6.77. The molecular weight excluding hydrogens is 286 g/mol. The summed E-state index contributed by atoms with van der Waals surface area (Å²) in [5, 5.41) is 7.64. The zero-order chi connectivity index (χ0) is 15.2. The van der Waals surface area contributed by atoms with E-state index in [1.54, 1.807) is 26.0 Å². The minimum Gasteiger partial charge on any atom is -0.493 e. The molecule has 0 bridgehead atoms. The number of nitrogens with one attached hydrogen (secondary N) is 1. The third kappa shape index (κ3) is 3.64. The van der Waals surface area contributed by atoms with Gasteiger partial charge in [0.15, 0.2) is 11.5 Å². The summed E-state index contributed by atoms with van der Waals surface area (Å²) in [5.74, 6) is 1.50. The van der Waals surface area contributed by atoms with Crippen LogP contribution in [-0.2, 0) is 13.1 Å². The van der Waals surface area contributed by atoms with Gasteiger partial charge in [-0.15, -0.1) is 11.8 Å². The second-order valence-electron chi connectivity index (χ2n) is 4.46. The minimum atomic E-state index is 0.714. The van der Waals surface area contributed by atoms with Crippen molar-refractivity contribution in [3.8, 4) is 11.5 Å². The first-order valence-corrected chi connectivity index (χ1v) is 7.99. The number of anilines is 1. The van der Waals surface area contributed by atoms with Crippen LogP contribution < -0.4 is 14.8 Å². The largest absolute Gasteiger partial charge is 0.493 e.